The highest BCUT2D eigenvalue weighted by molar-refractivity contribution is 6.07. The van der Waals surface area contributed by atoms with Gasteiger partial charge in [-0.3, -0.25) is 19.8 Å². The topological polar surface area (TPSA) is 75.5 Å². The molecular weight excluding hydrogens is 342 g/mol. The van der Waals surface area contributed by atoms with E-state index in [4.69, 9.17) is 0 Å². The number of nitro groups is 1. The van der Waals surface area contributed by atoms with E-state index in [0.717, 1.165) is 29.5 Å². The normalized spacial score (nSPS) is 31.7. The first-order chi connectivity index (χ1) is 13.0. The fourth-order valence-electron chi connectivity index (χ4n) is 5.56. The predicted molar refractivity (Wildman–Crippen MR) is 101 cm³/mol. The summed E-state index contributed by atoms with van der Waals surface area (Å²) in [6.07, 6.45) is 1.83. The minimum Gasteiger partial charge on any atom is -0.324 e. The van der Waals surface area contributed by atoms with Gasteiger partial charge in [0, 0.05) is 28.8 Å². The van der Waals surface area contributed by atoms with Crippen LogP contribution in [0.25, 0.3) is 0 Å². The van der Waals surface area contributed by atoms with Gasteiger partial charge in [-0.05, 0) is 31.4 Å². The molecular formula is C21H21N3O3. The lowest BCUT2D eigenvalue weighted by Crippen LogP contribution is -2.55. The summed E-state index contributed by atoms with van der Waals surface area (Å²) >= 11 is 0. The highest BCUT2D eigenvalue weighted by Gasteiger charge is 2.73. The molecule has 0 aromatic heterocycles. The molecule has 3 aliphatic rings. The fraction of sp³-hybridized carbons (Fsp3) is 0.381. The van der Waals surface area contributed by atoms with Crippen molar-refractivity contribution < 1.29 is 9.72 Å². The summed E-state index contributed by atoms with van der Waals surface area (Å²) in [5.41, 5.74) is 2.30. The van der Waals surface area contributed by atoms with Crippen LogP contribution < -0.4 is 5.32 Å². The van der Waals surface area contributed by atoms with Crippen molar-refractivity contribution in [2.75, 3.05) is 11.9 Å². The van der Waals surface area contributed by atoms with Crippen molar-refractivity contribution in [3.63, 3.8) is 0 Å². The van der Waals surface area contributed by atoms with Gasteiger partial charge in [-0.25, -0.2) is 0 Å². The van der Waals surface area contributed by atoms with Crippen LogP contribution in [-0.2, 0) is 10.3 Å². The van der Waals surface area contributed by atoms with E-state index in [0.29, 0.717) is 12.2 Å². The first-order valence-corrected chi connectivity index (χ1v) is 9.43. The van der Waals surface area contributed by atoms with E-state index < -0.39 is 11.6 Å². The maximum absolute atomic E-state index is 13.3. The van der Waals surface area contributed by atoms with Gasteiger partial charge in [0.2, 0.25) is 0 Å². The first-order valence-electron chi connectivity index (χ1n) is 9.43. The van der Waals surface area contributed by atoms with Gasteiger partial charge in [-0.1, -0.05) is 48.0 Å². The fourth-order valence-corrected chi connectivity index (χ4v) is 5.56. The number of carbonyl (C=O) groups is 1. The van der Waals surface area contributed by atoms with Crippen LogP contribution in [0.1, 0.15) is 35.4 Å². The average Bonchev–Trinajstić information content (AvgIpc) is 3.30. The summed E-state index contributed by atoms with van der Waals surface area (Å²) in [5.74, 6) is -0.563. The van der Waals surface area contributed by atoms with E-state index in [9.17, 15) is 14.9 Å². The Hall–Kier alpha value is -2.73. The monoisotopic (exact) mass is 363 g/mol. The number of para-hydroxylation sites is 1. The van der Waals surface area contributed by atoms with Crippen LogP contribution in [0.15, 0.2) is 48.5 Å². The molecule has 6 nitrogen and oxygen atoms in total. The Morgan fingerprint density at radius 1 is 1.19 bits per heavy atom. The molecule has 138 valence electrons. The molecule has 5 rings (SSSR count). The Morgan fingerprint density at radius 2 is 1.93 bits per heavy atom. The van der Waals surface area contributed by atoms with Gasteiger partial charge in [0.1, 0.15) is 0 Å². The number of carbonyl (C=O) groups excluding carboxylic acids is 1. The van der Waals surface area contributed by atoms with Gasteiger partial charge in [0.25, 0.3) is 11.9 Å². The van der Waals surface area contributed by atoms with Crippen LogP contribution in [0, 0.1) is 17.0 Å². The third kappa shape index (κ3) is 2.02. The van der Waals surface area contributed by atoms with Gasteiger partial charge in [0.15, 0.2) is 5.54 Å². The Morgan fingerprint density at radius 3 is 2.67 bits per heavy atom. The van der Waals surface area contributed by atoms with Gasteiger partial charge in [-0.15, -0.1) is 0 Å². The zero-order valence-electron chi connectivity index (χ0n) is 15.1. The summed E-state index contributed by atoms with van der Waals surface area (Å²) in [7, 11) is 0. The van der Waals surface area contributed by atoms with Crippen molar-refractivity contribution in [1.82, 2.24) is 4.90 Å². The van der Waals surface area contributed by atoms with Crippen LogP contribution >= 0.6 is 0 Å². The minimum atomic E-state index is -1.23. The van der Waals surface area contributed by atoms with Crippen LogP contribution in [-0.4, -0.2) is 34.4 Å². The number of amides is 1. The van der Waals surface area contributed by atoms with E-state index in [-0.39, 0.29) is 22.8 Å². The Bertz CT molecular complexity index is 942. The number of hydrogen-bond donors (Lipinski definition) is 1. The number of nitrogens with zero attached hydrogens (tertiary/aromatic N) is 2. The zero-order valence-corrected chi connectivity index (χ0v) is 15.1. The maximum atomic E-state index is 13.3. The molecule has 3 heterocycles. The van der Waals surface area contributed by atoms with Crippen LogP contribution in [0.3, 0.4) is 0 Å². The van der Waals surface area contributed by atoms with Crippen LogP contribution in [0.5, 0.6) is 0 Å². The molecule has 0 aliphatic carbocycles. The molecule has 3 aliphatic heterocycles. The van der Waals surface area contributed by atoms with Gasteiger partial charge < -0.3 is 5.32 Å². The van der Waals surface area contributed by atoms with Crippen LogP contribution in [0.4, 0.5) is 5.69 Å². The van der Waals surface area contributed by atoms with Gasteiger partial charge in [-0.2, -0.15) is 0 Å². The number of anilines is 1. The third-order valence-electron chi connectivity index (χ3n) is 6.56. The molecule has 2 aromatic carbocycles. The van der Waals surface area contributed by atoms with E-state index in [2.05, 4.69) is 10.2 Å². The van der Waals surface area contributed by atoms with E-state index in [1.807, 2.05) is 55.5 Å². The number of fused-ring (bicyclic) bond motifs is 4. The number of aryl methyl sites for hydroxylation is 1. The lowest BCUT2D eigenvalue weighted by Gasteiger charge is -2.32. The molecule has 1 N–H and O–H groups in total. The highest BCUT2D eigenvalue weighted by atomic mass is 16.6. The Kier molecular flexibility index (Phi) is 3.43. The molecule has 0 bridgehead atoms. The zero-order chi connectivity index (χ0) is 18.8. The van der Waals surface area contributed by atoms with Gasteiger partial charge >= 0.3 is 0 Å². The van der Waals surface area contributed by atoms with Crippen molar-refractivity contribution in [3.05, 3.63) is 75.3 Å². The number of hydrogen-bond acceptors (Lipinski definition) is 4. The molecule has 4 atom stereocenters. The molecule has 6 heteroatoms. The summed E-state index contributed by atoms with van der Waals surface area (Å²) in [6, 6.07) is 14.4. The highest BCUT2D eigenvalue weighted by Crippen LogP contribution is 2.57. The van der Waals surface area contributed by atoms with Crippen molar-refractivity contribution in [1.29, 1.82) is 0 Å². The first kappa shape index (κ1) is 16.4. The molecule has 0 radical (unpaired) electrons. The minimum absolute atomic E-state index is 0.0000113. The number of rotatable bonds is 2. The summed E-state index contributed by atoms with van der Waals surface area (Å²) < 4.78 is 0. The van der Waals surface area contributed by atoms with Crippen LogP contribution in [0.2, 0.25) is 0 Å². The SMILES string of the molecule is Cc1ccc([C@H]2[C@H]([N+](=O)[O-])[C@]3(C(=O)Nc4ccccc43)N3CCC[C@@H]23)cc1. The lowest BCUT2D eigenvalue weighted by atomic mass is 9.77. The molecule has 0 unspecified atom stereocenters. The summed E-state index contributed by atoms with van der Waals surface area (Å²) in [6.45, 7) is 2.71. The molecule has 2 fully saturated rings. The quantitative estimate of drug-likeness (QED) is 0.657. The molecule has 0 saturated carbocycles. The number of benzene rings is 2. The smallest absolute Gasteiger partial charge is 0.256 e. The van der Waals surface area contributed by atoms with Crippen molar-refractivity contribution in [2.45, 2.75) is 43.3 Å². The maximum Gasteiger partial charge on any atom is 0.256 e. The molecule has 1 spiro atoms. The Labute approximate surface area is 157 Å². The molecule has 2 aromatic rings. The summed E-state index contributed by atoms with van der Waals surface area (Å²) in [4.78, 5) is 27.6. The second-order valence-electron chi connectivity index (χ2n) is 7.84. The third-order valence-corrected chi connectivity index (χ3v) is 6.56. The van der Waals surface area contributed by atoms with E-state index >= 15 is 0 Å². The van der Waals surface area contributed by atoms with E-state index in [1.165, 1.54) is 0 Å². The largest absolute Gasteiger partial charge is 0.324 e. The predicted octanol–water partition coefficient (Wildman–Crippen LogP) is 3.05. The van der Waals surface area contributed by atoms with Crippen molar-refractivity contribution >= 4 is 11.6 Å². The number of nitrogens with one attached hydrogen (secondary N) is 1. The molecule has 27 heavy (non-hydrogen) atoms. The standard InChI is InChI=1S/C21H21N3O3/c1-13-8-10-14(11-9-13)18-17-7-4-12-23(17)21(19(18)24(26)27)15-5-2-3-6-16(15)22-20(21)25/h2-3,5-6,8-11,17-19H,4,7,12H2,1H3,(H,22,25)/t17-,18+,19-,21+/m0/s1. The second kappa shape index (κ2) is 5.63. The van der Waals surface area contributed by atoms with Gasteiger partial charge in [0.05, 0.1) is 5.92 Å². The molecule has 1 amide bonds. The van der Waals surface area contributed by atoms with Crippen molar-refractivity contribution in [3.8, 4) is 0 Å². The second-order valence-corrected chi connectivity index (χ2v) is 7.84. The summed E-state index contributed by atoms with van der Waals surface area (Å²) in [5, 5.41) is 15.3. The van der Waals surface area contributed by atoms with Crippen molar-refractivity contribution in [2.24, 2.45) is 0 Å². The Balaban J connectivity index is 1.76. The van der Waals surface area contributed by atoms with E-state index in [1.54, 1.807) is 0 Å². The lowest BCUT2D eigenvalue weighted by molar-refractivity contribution is -0.534. The molecule has 2 saturated heterocycles. The average molecular weight is 363 g/mol.